The lowest BCUT2D eigenvalue weighted by Gasteiger charge is -2.06. The average molecular weight is 246 g/mol. The van der Waals surface area contributed by atoms with E-state index in [0.717, 1.165) is 22.6 Å². The van der Waals surface area contributed by atoms with E-state index in [1.54, 1.807) is 0 Å². The Morgan fingerprint density at radius 3 is 2.78 bits per heavy atom. The zero-order valence-electron chi connectivity index (χ0n) is 10.3. The van der Waals surface area contributed by atoms with E-state index in [0.29, 0.717) is 11.6 Å². The van der Waals surface area contributed by atoms with Crippen LogP contribution in [0, 0.1) is 0 Å². The summed E-state index contributed by atoms with van der Waals surface area (Å²) in [6, 6.07) is 5.66. The highest BCUT2D eigenvalue weighted by molar-refractivity contribution is 5.69. The van der Waals surface area contributed by atoms with E-state index in [-0.39, 0.29) is 12.7 Å². The van der Waals surface area contributed by atoms with Gasteiger partial charge in [0.05, 0.1) is 0 Å². The molecule has 2 heterocycles. The van der Waals surface area contributed by atoms with Crippen molar-refractivity contribution in [3.63, 3.8) is 0 Å². The van der Waals surface area contributed by atoms with Crippen molar-refractivity contribution in [3.05, 3.63) is 23.8 Å². The van der Waals surface area contributed by atoms with Crippen molar-refractivity contribution in [1.82, 2.24) is 5.16 Å². The van der Waals surface area contributed by atoms with Gasteiger partial charge in [-0.2, -0.15) is 0 Å². The number of nitrogens with zero attached hydrogens (tertiary/aromatic N) is 1. The van der Waals surface area contributed by atoms with Gasteiger partial charge in [0.25, 0.3) is 0 Å². The molecule has 0 unspecified atom stereocenters. The van der Waals surface area contributed by atoms with Gasteiger partial charge in [0.15, 0.2) is 23.1 Å². The summed E-state index contributed by atoms with van der Waals surface area (Å²) < 4.78 is 16.0. The molecule has 2 aromatic rings. The summed E-state index contributed by atoms with van der Waals surface area (Å²) in [6.45, 7) is 4.37. The molecule has 1 aliphatic rings. The van der Waals surface area contributed by atoms with Crippen LogP contribution in [0.1, 0.15) is 25.3 Å². The molecule has 2 N–H and O–H groups in total. The van der Waals surface area contributed by atoms with Crippen LogP contribution in [0.2, 0.25) is 0 Å². The zero-order chi connectivity index (χ0) is 12.7. The summed E-state index contributed by atoms with van der Waals surface area (Å²) in [5, 5.41) is 3.84. The first-order valence-electron chi connectivity index (χ1n) is 5.82. The van der Waals surface area contributed by atoms with Gasteiger partial charge < -0.3 is 19.7 Å². The molecule has 5 heteroatoms. The molecule has 3 rings (SSSR count). The van der Waals surface area contributed by atoms with Crippen LogP contribution in [0.3, 0.4) is 0 Å². The molecule has 94 valence electrons. The lowest BCUT2D eigenvalue weighted by atomic mass is 9.99. The molecule has 0 atom stereocenters. The van der Waals surface area contributed by atoms with Crippen molar-refractivity contribution in [1.29, 1.82) is 0 Å². The van der Waals surface area contributed by atoms with Crippen molar-refractivity contribution >= 4 is 5.82 Å². The third-order valence-electron chi connectivity index (χ3n) is 2.97. The van der Waals surface area contributed by atoms with Crippen LogP contribution < -0.4 is 15.2 Å². The molecule has 0 saturated carbocycles. The van der Waals surface area contributed by atoms with E-state index in [1.165, 1.54) is 0 Å². The van der Waals surface area contributed by atoms with Crippen molar-refractivity contribution in [2.75, 3.05) is 12.5 Å². The Labute approximate surface area is 104 Å². The maximum absolute atomic E-state index is 5.83. The summed E-state index contributed by atoms with van der Waals surface area (Å²) in [6.07, 6.45) is 0. The predicted molar refractivity (Wildman–Crippen MR) is 66.6 cm³/mol. The Morgan fingerprint density at radius 1 is 1.22 bits per heavy atom. The summed E-state index contributed by atoms with van der Waals surface area (Å²) >= 11 is 0. The van der Waals surface area contributed by atoms with Gasteiger partial charge in [-0.1, -0.05) is 19.0 Å². The summed E-state index contributed by atoms with van der Waals surface area (Å²) in [5.41, 5.74) is 7.65. The van der Waals surface area contributed by atoms with Gasteiger partial charge in [-0.25, -0.2) is 0 Å². The second-order valence-electron chi connectivity index (χ2n) is 4.53. The first kappa shape index (κ1) is 11.0. The minimum absolute atomic E-state index is 0.247. The molecule has 0 saturated heterocycles. The average Bonchev–Trinajstić information content (AvgIpc) is 2.93. The number of aromatic nitrogens is 1. The van der Waals surface area contributed by atoms with Crippen molar-refractivity contribution in [2.24, 2.45) is 0 Å². The molecule has 0 spiro atoms. The van der Waals surface area contributed by atoms with Crippen LogP contribution in [-0.2, 0) is 0 Å². The van der Waals surface area contributed by atoms with Crippen LogP contribution in [0.4, 0.5) is 5.82 Å². The Kier molecular flexibility index (Phi) is 2.40. The molecule has 1 aromatic heterocycles. The number of hydrogen-bond donors (Lipinski definition) is 1. The molecular formula is C13H14N2O3. The lowest BCUT2D eigenvalue weighted by molar-refractivity contribution is 0.174. The van der Waals surface area contributed by atoms with Crippen LogP contribution in [-0.4, -0.2) is 11.9 Å². The quantitative estimate of drug-likeness (QED) is 0.882. The molecule has 1 aromatic carbocycles. The maximum Gasteiger partial charge on any atom is 0.231 e. The number of rotatable bonds is 2. The minimum Gasteiger partial charge on any atom is -0.454 e. The fraction of sp³-hybridized carbons (Fsp3) is 0.308. The van der Waals surface area contributed by atoms with E-state index in [2.05, 4.69) is 19.0 Å². The standard InChI is InChI=1S/C13H14N2O3/c1-7(2)11-12(18-15-13(11)14)8-3-4-9-10(5-8)17-6-16-9/h3-5,7H,6H2,1-2H3,(H2,14,15). The Balaban J connectivity index is 2.10. The van der Waals surface area contributed by atoms with Crippen molar-refractivity contribution in [3.8, 4) is 22.8 Å². The number of hydrogen-bond acceptors (Lipinski definition) is 5. The Hall–Kier alpha value is -2.17. The van der Waals surface area contributed by atoms with E-state index in [9.17, 15) is 0 Å². The molecule has 0 bridgehead atoms. The molecule has 18 heavy (non-hydrogen) atoms. The van der Waals surface area contributed by atoms with Crippen LogP contribution in [0.5, 0.6) is 11.5 Å². The zero-order valence-corrected chi connectivity index (χ0v) is 10.3. The van der Waals surface area contributed by atoms with Gasteiger partial charge in [0, 0.05) is 11.1 Å². The number of nitrogen functional groups attached to an aromatic ring is 1. The number of anilines is 1. The normalized spacial score (nSPS) is 13.3. The fourth-order valence-corrected chi connectivity index (χ4v) is 2.11. The summed E-state index contributed by atoms with van der Waals surface area (Å²) in [4.78, 5) is 0. The third kappa shape index (κ3) is 1.59. The van der Waals surface area contributed by atoms with Gasteiger partial charge in [-0.3, -0.25) is 0 Å². The highest BCUT2D eigenvalue weighted by Gasteiger charge is 2.21. The number of ether oxygens (including phenoxy) is 2. The second kappa shape index (κ2) is 3.94. The first-order chi connectivity index (χ1) is 8.66. The molecule has 5 nitrogen and oxygen atoms in total. The number of fused-ring (bicyclic) bond motifs is 1. The van der Waals surface area contributed by atoms with E-state index in [1.807, 2.05) is 18.2 Å². The van der Waals surface area contributed by atoms with Crippen molar-refractivity contribution in [2.45, 2.75) is 19.8 Å². The maximum atomic E-state index is 5.83. The van der Waals surface area contributed by atoms with E-state index >= 15 is 0 Å². The van der Waals surface area contributed by atoms with Gasteiger partial charge in [-0.15, -0.1) is 0 Å². The highest BCUT2D eigenvalue weighted by Crippen LogP contribution is 2.39. The van der Waals surface area contributed by atoms with Gasteiger partial charge in [-0.05, 0) is 24.1 Å². The molecule has 0 aliphatic carbocycles. The summed E-state index contributed by atoms with van der Waals surface area (Å²) in [5.74, 6) is 2.85. The summed E-state index contributed by atoms with van der Waals surface area (Å²) in [7, 11) is 0. The lowest BCUT2D eigenvalue weighted by Crippen LogP contribution is -1.95. The molecule has 0 amide bonds. The molecule has 0 fully saturated rings. The second-order valence-corrected chi connectivity index (χ2v) is 4.53. The SMILES string of the molecule is CC(C)c1c(N)noc1-c1ccc2c(c1)OCO2. The first-order valence-corrected chi connectivity index (χ1v) is 5.82. The fourth-order valence-electron chi connectivity index (χ4n) is 2.11. The number of nitrogens with two attached hydrogens (primary N) is 1. The van der Waals surface area contributed by atoms with E-state index in [4.69, 9.17) is 19.7 Å². The molecule has 0 radical (unpaired) electrons. The smallest absolute Gasteiger partial charge is 0.231 e. The third-order valence-corrected chi connectivity index (χ3v) is 2.97. The Morgan fingerprint density at radius 2 is 2.00 bits per heavy atom. The Bertz CT molecular complexity index is 590. The van der Waals surface area contributed by atoms with E-state index < -0.39 is 0 Å². The van der Waals surface area contributed by atoms with Crippen molar-refractivity contribution < 1.29 is 14.0 Å². The predicted octanol–water partition coefficient (Wildman–Crippen LogP) is 2.78. The van der Waals surface area contributed by atoms with Gasteiger partial charge in [0.2, 0.25) is 6.79 Å². The van der Waals surface area contributed by atoms with Crippen LogP contribution >= 0.6 is 0 Å². The van der Waals surface area contributed by atoms with Crippen LogP contribution in [0.25, 0.3) is 11.3 Å². The van der Waals surface area contributed by atoms with Crippen LogP contribution in [0.15, 0.2) is 22.7 Å². The molecular weight excluding hydrogens is 232 g/mol. The molecule has 1 aliphatic heterocycles. The minimum atomic E-state index is 0.247. The highest BCUT2D eigenvalue weighted by atomic mass is 16.7. The topological polar surface area (TPSA) is 70.5 Å². The monoisotopic (exact) mass is 246 g/mol. The van der Waals surface area contributed by atoms with Gasteiger partial charge >= 0.3 is 0 Å². The number of benzene rings is 1. The van der Waals surface area contributed by atoms with Gasteiger partial charge in [0.1, 0.15) is 0 Å². The largest absolute Gasteiger partial charge is 0.454 e.